The van der Waals surface area contributed by atoms with Crippen LogP contribution in [0.25, 0.3) is 0 Å². The van der Waals surface area contributed by atoms with Crippen molar-refractivity contribution >= 4 is 11.6 Å². The van der Waals surface area contributed by atoms with Gasteiger partial charge in [-0.05, 0) is 44.5 Å². The molecule has 1 saturated heterocycles. The maximum absolute atomic E-state index is 13.5. The average Bonchev–Trinajstić information content (AvgIpc) is 2.37. The summed E-state index contributed by atoms with van der Waals surface area (Å²) in [6.07, 6.45) is 0. The Kier molecular flexibility index (Phi) is 3.73. The van der Waals surface area contributed by atoms with Crippen molar-refractivity contribution in [2.45, 2.75) is 32.4 Å². The minimum atomic E-state index is -0.658. The Balaban J connectivity index is 2.48. The monoisotopic (exact) mass is 279 g/mol. The van der Waals surface area contributed by atoms with Crippen molar-refractivity contribution < 1.29 is 9.18 Å². The molecule has 0 saturated carbocycles. The first-order valence-corrected chi connectivity index (χ1v) is 6.83. The van der Waals surface area contributed by atoms with Gasteiger partial charge < -0.3 is 15.5 Å². The number of nitrogens with two attached hydrogens (primary N) is 1. The van der Waals surface area contributed by atoms with E-state index < -0.39 is 5.54 Å². The van der Waals surface area contributed by atoms with Gasteiger partial charge in [0.2, 0.25) is 5.91 Å². The topological polar surface area (TPSA) is 49.6 Å². The highest BCUT2D eigenvalue weighted by Crippen LogP contribution is 2.33. The van der Waals surface area contributed by atoms with Crippen LogP contribution in [0.3, 0.4) is 0 Å². The number of benzene rings is 1. The quantitative estimate of drug-likeness (QED) is 0.899. The molecular weight excluding hydrogens is 257 g/mol. The zero-order chi connectivity index (χ0) is 15.1. The van der Waals surface area contributed by atoms with Crippen LogP contribution in [0.2, 0.25) is 0 Å². The fourth-order valence-electron chi connectivity index (χ4n) is 2.77. The number of halogens is 1. The number of likely N-dealkylation sites (N-methyl/N-ethyl adjacent to an activating group) is 1. The molecule has 2 N–H and O–H groups in total. The van der Waals surface area contributed by atoms with Crippen molar-refractivity contribution in [2.24, 2.45) is 5.73 Å². The first-order chi connectivity index (χ1) is 9.25. The third-order valence-corrected chi connectivity index (χ3v) is 3.97. The van der Waals surface area contributed by atoms with Gasteiger partial charge in [-0.25, -0.2) is 4.39 Å². The number of piperazine rings is 1. The molecule has 2 rings (SSSR count). The van der Waals surface area contributed by atoms with E-state index in [4.69, 9.17) is 5.73 Å². The predicted molar refractivity (Wildman–Crippen MR) is 78.1 cm³/mol. The molecule has 0 bridgehead atoms. The molecular formula is C15H22FN3O. The SMILES string of the molecule is C[C@@H](N)c1cc(F)ccc1N1CCN(C)C(=O)C1(C)C. The summed E-state index contributed by atoms with van der Waals surface area (Å²) in [4.78, 5) is 16.1. The van der Waals surface area contributed by atoms with E-state index >= 15 is 0 Å². The number of rotatable bonds is 2. The highest BCUT2D eigenvalue weighted by molar-refractivity contribution is 5.90. The summed E-state index contributed by atoms with van der Waals surface area (Å²) in [5.41, 5.74) is 6.87. The molecule has 0 aliphatic carbocycles. The standard InChI is InChI=1S/C15H22FN3O/c1-10(17)12-9-11(16)5-6-13(12)19-8-7-18(4)14(20)15(19,2)3/h5-6,9-10H,7-8,17H2,1-4H3/t10-/m1/s1. The van der Waals surface area contributed by atoms with E-state index in [1.54, 1.807) is 18.0 Å². The van der Waals surface area contributed by atoms with Crippen LogP contribution in [0.1, 0.15) is 32.4 Å². The Labute approximate surface area is 119 Å². The van der Waals surface area contributed by atoms with Gasteiger partial charge in [-0.1, -0.05) is 0 Å². The Hall–Kier alpha value is -1.62. The van der Waals surface area contributed by atoms with E-state index in [0.29, 0.717) is 13.1 Å². The summed E-state index contributed by atoms with van der Waals surface area (Å²) < 4.78 is 13.5. The molecule has 0 unspecified atom stereocenters. The molecule has 0 spiro atoms. The Morgan fingerprint density at radius 2 is 2.00 bits per heavy atom. The summed E-state index contributed by atoms with van der Waals surface area (Å²) in [7, 11) is 1.80. The van der Waals surface area contributed by atoms with Crippen molar-refractivity contribution in [1.29, 1.82) is 0 Å². The summed E-state index contributed by atoms with van der Waals surface area (Å²) in [5, 5.41) is 0. The largest absolute Gasteiger partial charge is 0.355 e. The first-order valence-electron chi connectivity index (χ1n) is 6.83. The van der Waals surface area contributed by atoms with Crippen LogP contribution in [-0.4, -0.2) is 36.5 Å². The number of anilines is 1. The van der Waals surface area contributed by atoms with Crippen LogP contribution >= 0.6 is 0 Å². The van der Waals surface area contributed by atoms with Gasteiger partial charge in [-0.2, -0.15) is 0 Å². The molecule has 20 heavy (non-hydrogen) atoms. The molecule has 0 radical (unpaired) electrons. The van der Waals surface area contributed by atoms with Crippen molar-refractivity contribution in [1.82, 2.24) is 4.90 Å². The Bertz CT molecular complexity index is 528. The first kappa shape index (κ1) is 14.8. The Morgan fingerprint density at radius 3 is 2.60 bits per heavy atom. The van der Waals surface area contributed by atoms with Gasteiger partial charge in [0.25, 0.3) is 0 Å². The van der Waals surface area contributed by atoms with Gasteiger partial charge in [0.1, 0.15) is 11.4 Å². The van der Waals surface area contributed by atoms with Crippen LogP contribution in [0.4, 0.5) is 10.1 Å². The van der Waals surface area contributed by atoms with Gasteiger partial charge >= 0.3 is 0 Å². The van der Waals surface area contributed by atoms with Gasteiger partial charge in [0.05, 0.1) is 0 Å². The lowest BCUT2D eigenvalue weighted by Gasteiger charge is -2.47. The van der Waals surface area contributed by atoms with E-state index in [2.05, 4.69) is 0 Å². The summed E-state index contributed by atoms with van der Waals surface area (Å²) in [6, 6.07) is 4.30. The zero-order valence-electron chi connectivity index (χ0n) is 12.5. The zero-order valence-corrected chi connectivity index (χ0v) is 12.5. The molecule has 4 nitrogen and oxygen atoms in total. The summed E-state index contributed by atoms with van der Waals surface area (Å²) >= 11 is 0. The number of carbonyl (C=O) groups excluding carboxylic acids is 1. The number of hydrogen-bond acceptors (Lipinski definition) is 3. The lowest BCUT2D eigenvalue weighted by Crippen LogP contribution is -2.62. The maximum atomic E-state index is 13.5. The highest BCUT2D eigenvalue weighted by atomic mass is 19.1. The molecule has 1 heterocycles. The van der Waals surface area contributed by atoms with Gasteiger partial charge in [0, 0.05) is 31.9 Å². The van der Waals surface area contributed by atoms with Crippen molar-refractivity contribution in [3.05, 3.63) is 29.6 Å². The van der Waals surface area contributed by atoms with E-state index in [1.807, 2.05) is 25.7 Å². The van der Waals surface area contributed by atoms with Crippen molar-refractivity contribution in [2.75, 3.05) is 25.0 Å². The minimum absolute atomic E-state index is 0.0590. The van der Waals surface area contributed by atoms with Crippen LogP contribution < -0.4 is 10.6 Å². The molecule has 1 aliphatic heterocycles. The second-order valence-corrected chi connectivity index (χ2v) is 5.93. The molecule has 1 amide bonds. The van der Waals surface area contributed by atoms with Crippen LogP contribution in [0.15, 0.2) is 18.2 Å². The van der Waals surface area contributed by atoms with Gasteiger partial charge in [-0.15, -0.1) is 0 Å². The highest BCUT2D eigenvalue weighted by Gasteiger charge is 2.41. The van der Waals surface area contributed by atoms with E-state index in [-0.39, 0.29) is 17.8 Å². The molecule has 5 heteroatoms. The summed E-state index contributed by atoms with van der Waals surface area (Å²) in [5.74, 6) is -0.247. The third-order valence-electron chi connectivity index (χ3n) is 3.97. The van der Waals surface area contributed by atoms with Crippen LogP contribution in [0, 0.1) is 5.82 Å². The number of carbonyl (C=O) groups is 1. The maximum Gasteiger partial charge on any atom is 0.247 e. The van der Waals surface area contributed by atoms with Gasteiger partial charge in [0.15, 0.2) is 0 Å². The minimum Gasteiger partial charge on any atom is -0.355 e. The number of hydrogen-bond donors (Lipinski definition) is 1. The van der Waals surface area contributed by atoms with Gasteiger partial charge in [-0.3, -0.25) is 4.79 Å². The van der Waals surface area contributed by atoms with Crippen molar-refractivity contribution in [3.8, 4) is 0 Å². The van der Waals surface area contributed by atoms with Crippen molar-refractivity contribution in [3.63, 3.8) is 0 Å². The second-order valence-electron chi connectivity index (χ2n) is 5.93. The van der Waals surface area contributed by atoms with Crippen LogP contribution in [0.5, 0.6) is 0 Å². The molecule has 1 aromatic carbocycles. The molecule has 1 atom stereocenters. The van der Waals surface area contributed by atoms with E-state index in [1.165, 1.54) is 12.1 Å². The lowest BCUT2D eigenvalue weighted by atomic mass is 9.94. The normalized spacial score (nSPS) is 20.2. The Morgan fingerprint density at radius 1 is 1.35 bits per heavy atom. The second kappa shape index (κ2) is 5.05. The molecule has 0 aromatic heterocycles. The average molecular weight is 279 g/mol. The summed E-state index contributed by atoms with van der Waals surface area (Å²) in [6.45, 7) is 6.96. The molecule has 110 valence electrons. The predicted octanol–water partition coefficient (Wildman–Crippen LogP) is 1.90. The van der Waals surface area contributed by atoms with Crippen LogP contribution in [-0.2, 0) is 4.79 Å². The molecule has 1 aromatic rings. The van der Waals surface area contributed by atoms with E-state index in [0.717, 1.165) is 11.3 Å². The fraction of sp³-hybridized carbons (Fsp3) is 0.533. The molecule has 1 fully saturated rings. The third kappa shape index (κ3) is 2.38. The smallest absolute Gasteiger partial charge is 0.247 e. The number of amides is 1. The molecule has 1 aliphatic rings. The van der Waals surface area contributed by atoms with E-state index in [9.17, 15) is 9.18 Å². The lowest BCUT2D eigenvalue weighted by molar-refractivity contribution is -0.136. The number of nitrogens with zero attached hydrogens (tertiary/aromatic N) is 2. The fourth-order valence-corrected chi connectivity index (χ4v) is 2.77.